The van der Waals surface area contributed by atoms with Crippen molar-refractivity contribution in [3.8, 4) is 0 Å². The molecule has 3 aromatic rings. The second-order valence-electron chi connectivity index (χ2n) is 6.26. The Kier molecular flexibility index (Phi) is 4.72. The summed E-state index contributed by atoms with van der Waals surface area (Å²) in [5.74, 6) is -0.884. The SMILES string of the molecule is Cc1c(S(=O)(=O)Nc2cnccc2C(=O)O)sc2ccc(C(C)C)cc12. The number of carbonyl (C=O) groups is 1. The summed E-state index contributed by atoms with van der Waals surface area (Å²) in [4.78, 5) is 15.1. The van der Waals surface area contributed by atoms with E-state index in [-0.39, 0.29) is 15.5 Å². The maximum Gasteiger partial charge on any atom is 0.337 e. The lowest BCUT2D eigenvalue weighted by Crippen LogP contribution is -2.15. The summed E-state index contributed by atoms with van der Waals surface area (Å²) in [6.45, 7) is 5.93. The summed E-state index contributed by atoms with van der Waals surface area (Å²) in [5, 5.41) is 10.1. The molecule has 2 N–H and O–H groups in total. The van der Waals surface area contributed by atoms with Gasteiger partial charge in [0.05, 0.1) is 17.4 Å². The molecule has 0 amide bonds. The van der Waals surface area contributed by atoms with Crippen molar-refractivity contribution < 1.29 is 18.3 Å². The second-order valence-corrected chi connectivity index (χ2v) is 9.19. The molecule has 0 aliphatic rings. The number of aromatic carboxylic acids is 1. The highest BCUT2D eigenvalue weighted by Gasteiger charge is 2.24. The third-order valence-electron chi connectivity index (χ3n) is 4.12. The molecule has 0 spiro atoms. The Morgan fingerprint density at radius 3 is 2.65 bits per heavy atom. The van der Waals surface area contributed by atoms with E-state index in [1.807, 2.05) is 18.2 Å². The molecular weight excluding hydrogens is 372 g/mol. The predicted octanol–water partition coefficient (Wildman–Crippen LogP) is 4.23. The smallest absolute Gasteiger partial charge is 0.337 e. The molecule has 136 valence electrons. The van der Waals surface area contributed by atoms with Gasteiger partial charge in [-0.2, -0.15) is 0 Å². The summed E-state index contributed by atoms with van der Waals surface area (Å²) in [6.07, 6.45) is 2.50. The molecule has 0 saturated carbocycles. The number of aromatic nitrogens is 1. The number of pyridine rings is 1. The van der Waals surface area contributed by atoms with Gasteiger partial charge in [0.2, 0.25) is 0 Å². The van der Waals surface area contributed by atoms with Gasteiger partial charge in [0.25, 0.3) is 10.0 Å². The van der Waals surface area contributed by atoms with E-state index in [0.29, 0.717) is 11.5 Å². The Balaban J connectivity index is 2.08. The third-order valence-corrected chi connectivity index (χ3v) is 7.38. The lowest BCUT2D eigenvalue weighted by atomic mass is 10.0. The maximum atomic E-state index is 12.9. The average molecular weight is 390 g/mol. The summed E-state index contributed by atoms with van der Waals surface area (Å²) < 4.78 is 29.1. The van der Waals surface area contributed by atoms with E-state index in [9.17, 15) is 18.3 Å². The van der Waals surface area contributed by atoms with E-state index >= 15 is 0 Å². The molecule has 0 radical (unpaired) electrons. The van der Waals surface area contributed by atoms with Crippen LogP contribution >= 0.6 is 11.3 Å². The molecule has 0 aliphatic heterocycles. The number of sulfonamides is 1. The topological polar surface area (TPSA) is 96.4 Å². The highest BCUT2D eigenvalue weighted by atomic mass is 32.2. The van der Waals surface area contributed by atoms with Gasteiger partial charge in [0.15, 0.2) is 0 Å². The number of aryl methyl sites for hydroxylation is 1. The van der Waals surface area contributed by atoms with Gasteiger partial charge in [-0.05, 0) is 47.6 Å². The minimum atomic E-state index is -3.93. The Labute approximate surface area is 155 Å². The van der Waals surface area contributed by atoms with E-state index in [4.69, 9.17) is 0 Å². The number of hydrogen-bond acceptors (Lipinski definition) is 5. The number of carboxylic acids is 1. The van der Waals surface area contributed by atoms with Crippen LogP contribution < -0.4 is 4.72 Å². The van der Waals surface area contributed by atoms with Crippen molar-refractivity contribution in [1.29, 1.82) is 0 Å². The number of hydrogen-bond donors (Lipinski definition) is 2. The van der Waals surface area contributed by atoms with E-state index in [1.165, 1.54) is 29.8 Å². The Bertz CT molecular complexity index is 1100. The minimum Gasteiger partial charge on any atom is -0.478 e. The molecule has 6 nitrogen and oxygen atoms in total. The van der Waals surface area contributed by atoms with Gasteiger partial charge in [0.1, 0.15) is 4.21 Å². The Morgan fingerprint density at radius 2 is 2.00 bits per heavy atom. The highest BCUT2D eigenvalue weighted by Crippen LogP contribution is 2.36. The zero-order chi connectivity index (χ0) is 19.1. The monoisotopic (exact) mass is 390 g/mol. The molecule has 0 aliphatic carbocycles. The first-order valence-electron chi connectivity index (χ1n) is 7.94. The van der Waals surface area contributed by atoms with Gasteiger partial charge < -0.3 is 5.11 Å². The molecule has 26 heavy (non-hydrogen) atoms. The fourth-order valence-corrected chi connectivity index (χ4v) is 5.50. The van der Waals surface area contributed by atoms with Crippen LogP contribution in [0.1, 0.15) is 41.3 Å². The van der Waals surface area contributed by atoms with Crippen LogP contribution in [0.2, 0.25) is 0 Å². The van der Waals surface area contributed by atoms with Crippen LogP contribution in [0.3, 0.4) is 0 Å². The molecule has 2 aromatic heterocycles. The third kappa shape index (κ3) is 3.30. The van der Waals surface area contributed by atoms with Crippen LogP contribution in [-0.2, 0) is 10.0 Å². The largest absolute Gasteiger partial charge is 0.478 e. The number of nitrogens with zero attached hydrogens (tertiary/aromatic N) is 1. The lowest BCUT2D eigenvalue weighted by molar-refractivity contribution is 0.0698. The number of benzene rings is 1. The lowest BCUT2D eigenvalue weighted by Gasteiger charge is -2.09. The van der Waals surface area contributed by atoms with Gasteiger partial charge in [-0.3, -0.25) is 9.71 Å². The van der Waals surface area contributed by atoms with Crippen LogP contribution in [0, 0.1) is 6.92 Å². The quantitative estimate of drug-likeness (QED) is 0.680. The number of nitrogens with one attached hydrogen (secondary N) is 1. The van der Waals surface area contributed by atoms with Gasteiger partial charge >= 0.3 is 5.97 Å². The number of fused-ring (bicyclic) bond motifs is 1. The summed E-state index contributed by atoms with van der Waals surface area (Å²) in [5.41, 5.74) is 1.58. The van der Waals surface area contributed by atoms with Crippen LogP contribution in [0.15, 0.2) is 40.9 Å². The Hall–Kier alpha value is -2.45. The minimum absolute atomic E-state index is 0.0558. The summed E-state index contributed by atoms with van der Waals surface area (Å²) in [6, 6.07) is 7.19. The molecule has 0 fully saturated rings. The molecule has 1 aromatic carbocycles. The van der Waals surface area contributed by atoms with Crippen molar-refractivity contribution in [3.05, 3.63) is 53.3 Å². The fourth-order valence-electron chi connectivity index (χ4n) is 2.68. The van der Waals surface area contributed by atoms with Crippen molar-refractivity contribution in [3.63, 3.8) is 0 Å². The van der Waals surface area contributed by atoms with Crippen LogP contribution in [0.5, 0.6) is 0 Å². The molecule has 0 saturated heterocycles. The van der Waals surface area contributed by atoms with Gasteiger partial charge in [-0.1, -0.05) is 19.9 Å². The summed E-state index contributed by atoms with van der Waals surface area (Å²) >= 11 is 1.17. The van der Waals surface area contributed by atoms with E-state index in [2.05, 4.69) is 23.6 Å². The average Bonchev–Trinajstić information content (AvgIpc) is 2.92. The highest BCUT2D eigenvalue weighted by molar-refractivity contribution is 7.94. The first-order valence-corrected chi connectivity index (χ1v) is 10.2. The van der Waals surface area contributed by atoms with Crippen molar-refractivity contribution in [2.45, 2.75) is 30.9 Å². The van der Waals surface area contributed by atoms with Gasteiger partial charge in [0, 0.05) is 10.9 Å². The zero-order valence-corrected chi connectivity index (χ0v) is 16.1. The van der Waals surface area contributed by atoms with E-state index in [0.717, 1.165) is 15.6 Å². The first-order chi connectivity index (χ1) is 12.2. The van der Waals surface area contributed by atoms with Crippen molar-refractivity contribution in [2.24, 2.45) is 0 Å². The molecule has 0 unspecified atom stereocenters. The van der Waals surface area contributed by atoms with Crippen molar-refractivity contribution in [1.82, 2.24) is 4.98 Å². The predicted molar refractivity (Wildman–Crippen MR) is 103 cm³/mol. The van der Waals surface area contributed by atoms with E-state index < -0.39 is 16.0 Å². The maximum absolute atomic E-state index is 12.9. The zero-order valence-electron chi connectivity index (χ0n) is 14.5. The number of anilines is 1. The normalized spacial score (nSPS) is 11.8. The van der Waals surface area contributed by atoms with Crippen LogP contribution in [0.4, 0.5) is 5.69 Å². The molecular formula is C18H18N2O4S2. The van der Waals surface area contributed by atoms with Gasteiger partial charge in [-0.15, -0.1) is 11.3 Å². The Morgan fingerprint density at radius 1 is 1.27 bits per heavy atom. The van der Waals surface area contributed by atoms with E-state index in [1.54, 1.807) is 6.92 Å². The van der Waals surface area contributed by atoms with Crippen LogP contribution in [-0.4, -0.2) is 24.5 Å². The molecule has 0 atom stereocenters. The molecule has 2 heterocycles. The first kappa shape index (κ1) is 18.3. The van der Waals surface area contributed by atoms with Crippen molar-refractivity contribution in [2.75, 3.05) is 4.72 Å². The molecule has 0 bridgehead atoms. The number of thiophene rings is 1. The molecule has 3 rings (SSSR count). The molecule has 8 heteroatoms. The summed E-state index contributed by atoms with van der Waals surface area (Å²) in [7, 11) is -3.93. The number of rotatable bonds is 5. The van der Waals surface area contributed by atoms with Crippen LogP contribution in [0.25, 0.3) is 10.1 Å². The number of carboxylic acid groups (broad SMARTS) is 1. The standard InChI is InChI=1S/C18H18N2O4S2/c1-10(2)12-4-5-16-14(8-12)11(3)18(25-16)26(23,24)20-15-9-19-7-6-13(15)17(21)22/h4-10,20H,1-3H3,(H,21,22). The van der Waals surface area contributed by atoms with Crippen molar-refractivity contribution >= 4 is 43.1 Å². The second kappa shape index (κ2) is 6.69. The van der Waals surface area contributed by atoms with Gasteiger partial charge in [-0.25, -0.2) is 13.2 Å². The fraction of sp³-hybridized carbons (Fsp3) is 0.222.